The largest absolute Gasteiger partial charge is 0.507 e. The van der Waals surface area contributed by atoms with Crippen molar-refractivity contribution in [3.63, 3.8) is 0 Å². The van der Waals surface area contributed by atoms with Crippen LogP contribution < -0.4 is 4.90 Å². The van der Waals surface area contributed by atoms with E-state index in [1.165, 1.54) is 0 Å². The Morgan fingerprint density at radius 1 is 0.938 bits per heavy atom. The Morgan fingerprint density at radius 3 is 2.12 bits per heavy atom. The summed E-state index contributed by atoms with van der Waals surface area (Å²) in [5.41, 5.74) is -2.29. The van der Waals surface area contributed by atoms with Gasteiger partial charge in [0.15, 0.2) is 0 Å². The van der Waals surface area contributed by atoms with Gasteiger partial charge in [0.25, 0.3) is 0 Å². The summed E-state index contributed by atoms with van der Waals surface area (Å²) in [6.07, 6.45) is -9.09. The second kappa shape index (κ2) is 13.4. The summed E-state index contributed by atoms with van der Waals surface area (Å²) in [7, 11) is 0. The average molecular weight is 678 g/mol. The third-order valence-electron chi connectivity index (χ3n) is 9.25. The number of benzene rings is 3. The average Bonchev–Trinajstić information content (AvgIpc) is 3.30. The van der Waals surface area contributed by atoms with Gasteiger partial charge < -0.3 is 20.4 Å². The van der Waals surface area contributed by atoms with Crippen molar-refractivity contribution in [2.75, 3.05) is 18.1 Å². The van der Waals surface area contributed by atoms with E-state index < -0.39 is 78.1 Å². The van der Waals surface area contributed by atoms with Crippen LogP contribution in [0.2, 0.25) is 0 Å². The van der Waals surface area contributed by atoms with Gasteiger partial charge in [0.1, 0.15) is 5.75 Å². The van der Waals surface area contributed by atoms with Gasteiger partial charge in [0.2, 0.25) is 11.8 Å². The fourth-order valence-corrected chi connectivity index (χ4v) is 6.91. The lowest BCUT2D eigenvalue weighted by Crippen LogP contribution is -2.39. The van der Waals surface area contributed by atoms with Gasteiger partial charge in [-0.3, -0.25) is 9.59 Å². The van der Waals surface area contributed by atoms with E-state index in [-0.39, 0.29) is 40.7 Å². The van der Waals surface area contributed by atoms with Crippen molar-refractivity contribution in [2.45, 2.75) is 51.1 Å². The van der Waals surface area contributed by atoms with Crippen LogP contribution >= 0.6 is 0 Å². The molecular weight excluding hydrogens is 644 g/mol. The van der Waals surface area contributed by atoms with E-state index in [1.54, 1.807) is 24.3 Å². The number of fused-ring (bicyclic) bond motifs is 2. The number of anilines is 1. The Labute approximate surface area is 271 Å². The number of amides is 2. The first kappa shape index (κ1) is 35.1. The molecule has 1 saturated heterocycles. The first-order valence-electron chi connectivity index (χ1n) is 15.3. The van der Waals surface area contributed by atoms with Crippen LogP contribution in [0.5, 0.6) is 5.75 Å². The molecule has 256 valence electrons. The normalized spacial score (nSPS) is 21.3. The summed E-state index contributed by atoms with van der Waals surface area (Å²) in [6.45, 7) is 0.470. The van der Waals surface area contributed by atoms with E-state index in [0.29, 0.717) is 30.4 Å². The second-order valence-electron chi connectivity index (χ2n) is 12.0. The molecule has 1 fully saturated rings. The Hall–Kier alpha value is -4.20. The topological polar surface area (TPSA) is 118 Å². The molecule has 2 aliphatic rings. The van der Waals surface area contributed by atoms with Gasteiger partial charge in [-0.05, 0) is 72.0 Å². The summed E-state index contributed by atoms with van der Waals surface area (Å²) >= 11 is 0. The first-order valence-corrected chi connectivity index (χ1v) is 15.3. The second-order valence-corrected chi connectivity index (χ2v) is 12.0. The zero-order valence-electron chi connectivity index (χ0n) is 25.6. The maximum Gasteiger partial charge on any atom is 0.416 e. The molecule has 13 heteroatoms. The predicted molar refractivity (Wildman–Crippen MR) is 164 cm³/mol. The number of aromatic hydroxyl groups is 1. The lowest BCUT2D eigenvalue weighted by atomic mass is 9.68. The minimum Gasteiger partial charge on any atom is -0.507 e. The van der Waals surface area contributed by atoms with Crippen LogP contribution in [-0.4, -0.2) is 51.6 Å². The molecule has 0 unspecified atom stereocenters. The Morgan fingerprint density at radius 2 is 1.56 bits per heavy atom. The molecule has 0 spiro atoms. The molecule has 3 aromatic carbocycles. The highest BCUT2D eigenvalue weighted by Gasteiger charge is 2.55. The van der Waals surface area contributed by atoms with E-state index in [0.717, 1.165) is 16.5 Å². The summed E-state index contributed by atoms with van der Waals surface area (Å²) < 4.78 is 81.4. The Balaban J connectivity index is 1.44. The first-order chi connectivity index (χ1) is 22.6. The van der Waals surface area contributed by atoms with E-state index >= 15 is 0 Å². The summed E-state index contributed by atoms with van der Waals surface area (Å²) in [6, 6.07) is 11.1. The zero-order valence-corrected chi connectivity index (χ0v) is 25.6. The van der Waals surface area contributed by atoms with Crippen molar-refractivity contribution >= 4 is 34.4 Å². The third-order valence-corrected chi connectivity index (χ3v) is 9.25. The number of rotatable bonds is 9. The number of alkyl halides is 6. The van der Waals surface area contributed by atoms with E-state index in [9.17, 15) is 56.4 Å². The number of carbonyl (C=O) groups excluding carboxylic acids is 2. The number of hydrogen-bond acceptors (Lipinski definition) is 6. The number of carbonyl (C=O) groups is 2. The highest BCUT2D eigenvalue weighted by Crippen LogP contribution is 2.48. The number of phenols is 1. The number of halogens is 6. The molecule has 0 saturated carbocycles. The van der Waals surface area contributed by atoms with Gasteiger partial charge in [-0.1, -0.05) is 48.9 Å². The lowest BCUT2D eigenvalue weighted by molar-refractivity contribution is -0.143. The van der Waals surface area contributed by atoms with Gasteiger partial charge in [-0.25, -0.2) is 4.90 Å². The minimum absolute atomic E-state index is 0.0802. The van der Waals surface area contributed by atoms with Gasteiger partial charge in [0, 0.05) is 11.3 Å². The molecule has 4 atom stereocenters. The zero-order chi connectivity index (χ0) is 35.1. The molecule has 4 N–H and O–H groups in total. The third kappa shape index (κ3) is 6.58. The van der Waals surface area contributed by atoms with Gasteiger partial charge >= 0.3 is 12.4 Å². The molecule has 7 nitrogen and oxygen atoms in total. The van der Waals surface area contributed by atoms with Crippen molar-refractivity contribution in [3.8, 4) is 5.75 Å². The van der Waals surface area contributed by atoms with Crippen molar-refractivity contribution in [3.05, 3.63) is 88.0 Å². The van der Waals surface area contributed by atoms with Gasteiger partial charge in [0.05, 0.1) is 48.0 Å². The molecule has 0 bridgehead atoms. The number of nitrogens with zero attached hydrogens (tertiary/aromatic N) is 1. The number of aliphatic hydroxyl groups excluding tert-OH is 3. The van der Waals surface area contributed by atoms with Crippen LogP contribution in [0.4, 0.5) is 32.0 Å². The number of hydrogen-bond donors (Lipinski definition) is 4. The van der Waals surface area contributed by atoms with E-state index in [2.05, 4.69) is 0 Å². The van der Waals surface area contributed by atoms with Crippen molar-refractivity contribution in [2.24, 2.45) is 17.8 Å². The van der Waals surface area contributed by atoms with Crippen molar-refractivity contribution in [1.29, 1.82) is 0 Å². The van der Waals surface area contributed by atoms with Crippen LogP contribution in [0.25, 0.3) is 16.8 Å². The Bertz CT molecular complexity index is 1760. The van der Waals surface area contributed by atoms with Gasteiger partial charge in [-0.2, -0.15) is 26.3 Å². The number of aliphatic hydroxyl groups is 3. The quantitative estimate of drug-likeness (QED) is 0.115. The minimum atomic E-state index is -5.22. The highest BCUT2D eigenvalue weighted by atomic mass is 19.4. The molecule has 1 aliphatic heterocycles. The van der Waals surface area contributed by atoms with Gasteiger partial charge in [-0.15, -0.1) is 0 Å². The fourth-order valence-electron chi connectivity index (χ4n) is 6.91. The summed E-state index contributed by atoms with van der Waals surface area (Å²) in [4.78, 5) is 27.5. The molecule has 1 aliphatic carbocycles. The molecule has 48 heavy (non-hydrogen) atoms. The molecule has 1 heterocycles. The predicted octanol–water partition coefficient (Wildman–Crippen LogP) is 6.62. The molecule has 0 aromatic heterocycles. The van der Waals surface area contributed by atoms with Crippen molar-refractivity contribution < 1.29 is 56.4 Å². The maximum atomic E-state index is 13.7. The molecule has 5 rings (SSSR count). The van der Waals surface area contributed by atoms with Crippen LogP contribution in [-0.2, 0) is 21.9 Å². The van der Waals surface area contributed by atoms with E-state index in [1.807, 2.05) is 25.1 Å². The summed E-state index contributed by atoms with van der Waals surface area (Å²) in [5, 5.41) is 43.8. The molecule has 0 radical (unpaired) electrons. The smallest absolute Gasteiger partial charge is 0.416 e. The number of phenolic OH excluding ortho intramolecular Hbond substituents is 1. The number of imide groups is 1. The highest BCUT2D eigenvalue weighted by molar-refractivity contribution is 6.22. The summed E-state index contributed by atoms with van der Waals surface area (Å²) in [5.74, 6) is -5.95. The standard InChI is InChI=1S/C35H33F6NO6/c1-2-18(11-19-8-10-28(45)25-6-4-3-5-24(19)25)7-9-29(46)30-20(16-43)12-26-31(27(30)17-44)33(48)42(32(26)47)23-14-21(34(36,37)38)13-22(15-23)35(39,40)41/h3-6,8,10-11,13-15,26-27,29,31,43-46H,2,7,9,12,16-17H2,1H3/b18-11+/t26-,27+,29-,31-/m1/s1. The number of allylic oxidation sites excluding steroid dienone is 1. The van der Waals surface area contributed by atoms with Crippen molar-refractivity contribution in [1.82, 2.24) is 0 Å². The van der Waals surface area contributed by atoms with Crippen LogP contribution in [0.1, 0.15) is 49.3 Å². The van der Waals surface area contributed by atoms with Crippen LogP contribution in [0.15, 0.2) is 71.3 Å². The molecule has 2 amide bonds. The fraction of sp³-hybridized carbons (Fsp3) is 0.371. The van der Waals surface area contributed by atoms with Crippen LogP contribution in [0.3, 0.4) is 0 Å². The molecular formula is C35H33F6NO6. The Kier molecular flexibility index (Phi) is 9.78. The van der Waals surface area contributed by atoms with Crippen LogP contribution in [0, 0.1) is 17.8 Å². The SMILES string of the molecule is CC/C(=C\c1ccc(O)c2ccccc12)CC[C@@H](O)C1=C(CO)C[C@H]2C(=O)N(c3cc(C(F)(F)F)cc(C(F)(F)F)c3)C(=O)[C@H]2[C@H]1CO. The van der Waals surface area contributed by atoms with E-state index in [4.69, 9.17) is 0 Å². The maximum absolute atomic E-state index is 13.7. The molecule has 3 aromatic rings. The lowest BCUT2D eigenvalue weighted by Gasteiger charge is -2.36. The monoisotopic (exact) mass is 677 g/mol.